The molecule has 0 amide bonds. The lowest BCUT2D eigenvalue weighted by Gasteiger charge is -2.51. The van der Waals surface area contributed by atoms with Gasteiger partial charge in [-0.1, -0.05) is 49.6 Å². The van der Waals surface area contributed by atoms with E-state index in [1.54, 1.807) is 12.1 Å². The highest BCUT2D eigenvalue weighted by Crippen LogP contribution is 2.44. The van der Waals surface area contributed by atoms with Crippen LogP contribution in [0.1, 0.15) is 62.3 Å². The van der Waals surface area contributed by atoms with E-state index in [2.05, 4.69) is 10.2 Å². The number of piperidine rings is 3. The molecule has 4 fully saturated rings. The normalized spacial score (nSPS) is 28.1. The predicted molar refractivity (Wildman–Crippen MR) is 132 cm³/mol. The summed E-state index contributed by atoms with van der Waals surface area (Å²) in [6, 6.07) is 16.1. The number of aliphatic hydroxyl groups is 1. The smallest absolute Gasteiger partial charge is 0.271 e. The first-order valence-corrected chi connectivity index (χ1v) is 13.4. The summed E-state index contributed by atoms with van der Waals surface area (Å²) in [5.74, 6) is 1.94. The highest BCUT2D eigenvalue weighted by atomic mass is 19.1. The molecule has 2 atom stereocenters. The third kappa shape index (κ3) is 4.43. The summed E-state index contributed by atoms with van der Waals surface area (Å²) in [5.41, 5.74) is -0.443. The first-order valence-electron chi connectivity index (χ1n) is 13.4. The van der Waals surface area contributed by atoms with Crippen molar-refractivity contribution in [2.24, 2.45) is 11.8 Å². The average molecular weight is 493 g/mol. The van der Waals surface area contributed by atoms with E-state index in [0.717, 1.165) is 68.2 Å². The van der Waals surface area contributed by atoms with Crippen molar-refractivity contribution in [3.05, 3.63) is 77.8 Å². The third-order valence-electron chi connectivity index (χ3n) is 8.82. The molecule has 3 aromatic rings. The standard InChI is InChI=1S/C29H35FN3O3/c30-24-11-13-25(14-12-24)35-26-19-33(17-15-21(26)16-18-33)20-27-31-32-28(36-27)29(34,22-7-3-1-4-8-22)23-9-5-2-6-10-23/h1,3-4,7-8,11-14,21,23,26,34H,2,5-6,9-10,15-20H2/q+1/t21?,26?,29-,33?/m0/s1. The van der Waals surface area contributed by atoms with Crippen molar-refractivity contribution >= 4 is 0 Å². The molecule has 1 aromatic heterocycles. The van der Waals surface area contributed by atoms with Gasteiger partial charge in [0.2, 0.25) is 0 Å². The van der Waals surface area contributed by atoms with Crippen molar-refractivity contribution in [3.8, 4) is 5.75 Å². The van der Waals surface area contributed by atoms with Gasteiger partial charge in [0, 0.05) is 24.7 Å². The minimum absolute atomic E-state index is 0.0632. The van der Waals surface area contributed by atoms with Crippen LogP contribution in [-0.4, -0.2) is 45.5 Å². The Morgan fingerprint density at radius 3 is 2.39 bits per heavy atom. The lowest BCUT2D eigenvalue weighted by molar-refractivity contribution is -0.959. The Morgan fingerprint density at radius 1 is 0.944 bits per heavy atom. The van der Waals surface area contributed by atoms with Crippen LogP contribution in [0, 0.1) is 17.7 Å². The first-order chi connectivity index (χ1) is 17.5. The summed E-state index contributed by atoms with van der Waals surface area (Å²) < 4.78 is 26.8. The molecule has 3 saturated heterocycles. The molecule has 1 saturated carbocycles. The van der Waals surface area contributed by atoms with Gasteiger partial charge in [-0.2, -0.15) is 0 Å². The van der Waals surface area contributed by atoms with E-state index in [1.807, 2.05) is 30.3 Å². The number of rotatable bonds is 7. The molecule has 0 spiro atoms. The van der Waals surface area contributed by atoms with Gasteiger partial charge in [0.1, 0.15) is 18.1 Å². The van der Waals surface area contributed by atoms with Crippen LogP contribution in [-0.2, 0) is 12.1 Å². The molecule has 7 heteroatoms. The number of hydrogen-bond acceptors (Lipinski definition) is 5. The highest BCUT2D eigenvalue weighted by Gasteiger charge is 2.49. The summed E-state index contributed by atoms with van der Waals surface area (Å²) in [4.78, 5) is 0. The lowest BCUT2D eigenvalue weighted by Crippen LogP contribution is -2.64. The zero-order chi connectivity index (χ0) is 24.6. The van der Waals surface area contributed by atoms with Gasteiger partial charge in [-0.05, 0) is 42.7 Å². The van der Waals surface area contributed by atoms with Gasteiger partial charge in [-0.25, -0.2) is 4.39 Å². The number of ether oxygens (including phenoxy) is 1. The molecule has 7 rings (SSSR count). The zero-order valence-corrected chi connectivity index (χ0v) is 20.7. The maximum absolute atomic E-state index is 13.3. The Labute approximate surface area is 211 Å². The Kier molecular flexibility index (Phi) is 6.30. The Bertz CT molecular complexity index is 1150. The molecule has 2 aromatic carbocycles. The van der Waals surface area contributed by atoms with Crippen molar-refractivity contribution in [2.75, 3.05) is 19.6 Å². The van der Waals surface area contributed by atoms with Crippen molar-refractivity contribution in [1.82, 2.24) is 10.2 Å². The number of hydrogen-bond donors (Lipinski definition) is 1. The van der Waals surface area contributed by atoms with E-state index in [0.29, 0.717) is 30.0 Å². The molecule has 1 unspecified atom stereocenters. The van der Waals surface area contributed by atoms with Gasteiger partial charge < -0.3 is 18.7 Å². The number of halogens is 1. The monoisotopic (exact) mass is 492 g/mol. The minimum Gasteiger partial charge on any atom is -0.484 e. The third-order valence-corrected chi connectivity index (χ3v) is 8.82. The van der Waals surface area contributed by atoms with Crippen LogP contribution < -0.4 is 4.74 Å². The van der Waals surface area contributed by atoms with E-state index >= 15 is 0 Å². The van der Waals surface area contributed by atoms with E-state index in [9.17, 15) is 9.50 Å². The molecule has 3 aliphatic heterocycles. The second-order valence-corrected chi connectivity index (χ2v) is 11.0. The number of nitrogens with zero attached hydrogens (tertiary/aromatic N) is 3. The van der Waals surface area contributed by atoms with Crippen LogP contribution in [0.2, 0.25) is 0 Å². The summed E-state index contributed by atoms with van der Waals surface area (Å²) in [7, 11) is 0. The minimum atomic E-state index is -1.27. The summed E-state index contributed by atoms with van der Waals surface area (Å²) >= 11 is 0. The van der Waals surface area contributed by atoms with E-state index in [1.165, 1.54) is 18.6 Å². The van der Waals surface area contributed by atoms with E-state index < -0.39 is 5.60 Å². The average Bonchev–Trinajstić information content (AvgIpc) is 3.39. The first kappa shape index (κ1) is 23.6. The van der Waals surface area contributed by atoms with Gasteiger partial charge in [0.15, 0.2) is 18.2 Å². The van der Waals surface area contributed by atoms with Gasteiger partial charge in [0.25, 0.3) is 11.8 Å². The number of quaternary nitrogens is 1. The van der Waals surface area contributed by atoms with Crippen molar-refractivity contribution in [2.45, 2.75) is 63.2 Å². The van der Waals surface area contributed by atoms with Crippen LogP contribution in [0.3, 0.4) is 0 Å². The Hall–Kier alpha value is -2.77. The molecule has 4 aliphatic rings. The topological polar surface area (TPSA) is 68.4 Å². The summed E-state index contributed by atoms with van der Waals surface area (Å²) in [6.07, 6.45) is 7.59. The summed E-state index contributed by atoms with van der Waals surface area (Å²) in [5, 5.41) is 21.0. The Balaban J connectivity index is 1.23. The predicted octanol–water partition coefficient (Wildman–Crippen LogP) is 5.21. The maximum Gasteiger partial charge on any atom is 0.271 e. The molecule has 1 aliphatic carbocycles. The molecule has 190 valence electrons. The number of benzene rings is 2. The fourth-order valence-corrected chi connectivity index (χ4v) is 6.77. The van der Waals surface area contributed by atoms with Crippen LogP contribution in [0.5, 0.6) is 5.75 Å². The molecule has 0 radical (unpaired) electrons. The van der Waals surface area contributed by atoms with E-state index in [4.69, 9.17) is 9.15 Å². The van der Waals surface area contributed by atoms with E-state index in [-0.39, 0.29) is 17.8 Å². The highest BCUT2D eigenvalue weighted by molar-refractivity contribution is 5.29. The number of aromatic nitrogens is 2. The maximum atomic E-state index is 13.3. The molecular formula is C29H35FN3O3+. The quantitative estimate of drug-likeness (QED) is 0.459. The van der Waals surface area contributed by atoms with Crippen molar-refractivity contribution in [3.63, 3.8) is 0 Å². The second kappa shape index (κ2) is 9.60. The second-order valence-electron chi connectivity index (χ2n) is 11.0. The molecule has 2 bridgehead atoms. The van der Waals surface area contributed by atoms with Crippen molar-refractivity contribution in [1.29, 1.82) is 0 Å². The Morgan fingerprint density at radius 2 is 1.67 bits per heavy atom. The molecular weight excluding hydrogens is 457 g/mol. The fourth-order valence-electron chi connectivity index (χ4n) is 6.77. The zero-order valence-electron chi connectivity index (χ0n) is 20.7. The van der Waals surface area contributed by atoms with Crippen LogP contribution in [0.25, 0.3) is 0 Å². The largest absolute Gasteiger partial charge is 0.484 e. The lowest BCUT2D eigenvalue weighted by atomic mass is 9.73. The molecule has 36 heavy (non-hydrogen) atoms. The van der Waals surface area contributed by atoms with Crippen LogP contribution in [0.15, 0.2) is 59.0 Å². The van der Waals surface area contributed by atoms with Gasteiger partial charge in [0.05, 0.1) is 13.1 Å². The van der Waals surface area contributed by atoms with Gasteiger partial charge in [-0.15, -0.1) is 10.2 Å². The van der Waals surface area contributed by atoms with Gasteiger partial charge in [-0.3, -0.25) is 0 Å². The van der Waals surface area contributed by atoms with Crippen LogP contribution >= 0.6 is 0 Å². The summed E-state index contributed by atoms with van der Waals surface area (Å²) in [6.45, 7) is 3.61. The van der Waals surface area contributed by atoms with Crippen molar-refractivity contribution < 1.29 is 23.1 Å². The molecule has 6 nitrogen and oxygen atoms in total. The number of fused-ring (bicyclic) bond motifs is 3. The van der Waals surface area contributed by atoms with Crippen LogP contribution in [0.4, 0.5) is 4.39 Å². The molecule has 4 heterocycles. The molecule has 1 N–H and O–H groups in total. The van der Waals surface area contributed by atoms with Gasteiger partial charge >= 0.3 is 0 Å². The fraction of sp³-hybridized carbons (Fsp3) is 0.517. The SMILES string of the molecule is O[C@](c1ccccc1)(c1nnc(C[N+]23CCC(CC2)C(Oc2ccc(F)cc2)C3)o1)C1CCCCC1.